The third-order valence-corrected chi connectivity index (χ3v) is 17.5. The highest BCUT2D eigenvalue weighted by Gasteiger charge is 2.30. The van der Waals surface area contributed by atoms with Gasteiger partial charge >= 0.3 is 0 Å². The number of rotatable bonds is 6. The first-order chi connectivity index (χ1) is 16.9. The zero-order valence-corrected chi connectivity index (χ0v) is 30.5. The zero-order chi connectivity index (χ0) is 26.6. The van der Waals surface area contributed by atoms with Crippen LogP contribution < -0.4 is 31.1 Å². The number of hydrogen-bond acceptors (Lipinski definition) is 0. The Hall–Kier alpha value is -1.04. The van der Waals surface area contributed by atoms with Gasteiger partial charge in [0.25, 0.3) is 0 Å². The second kappa shape index (κ2) is 10.6. The zero-order valence-electron chi connectivity index (χ0n) is 24.5. The molecule has 0 atom stereocenters. The minimum atomic E-state index is -0.669. The van der Waals surface area contributed by atoms with Crippen LogP contribution in [-0.2, 0) is 0 Å². The molecule has 0 spiro atoms. The Balaban J connectivity index is 2.58. The molecule has 186 valence electrons. The third kappa shape index (κ3) is 4.45. The Morgan fingerprint density at radius 3 is 1.17 bits per heavy atom. The van der Waals surface area contributed by atoms with Gasteiger partial charge < -0.3 is 0 Å². The summed E-state index contributed by atoms with van der Waals surface area (Å²) in [5.41, 5.74) is 0. The summed E-state index contributed by atoms with van der Waals surface area (Å²) in [6.07, 6.45) is 0. The summed E-state index contributed by atoms with van der Waals surface area (Å²) in [5.74, 6) is 0. The van der Waals surface area contributed by atoms with Crippen molar-refractivity contribution in [1.82, 2.24) is 0 Å². The van der Waals surface area contributed by atoms with Gasteiger partial charge in [0, 0.05) is 0 Å². The van der Waals surface area contributed by atoms with E-state index in [2.05, 4.69) is 115 Å². The Kier molecular flexibility index (Phi) is 8.25. The highest BCUT2D eigenvalue weighted by atomic mass is 28.3. The molecule has 0 nitrogen and oxygen atoms in total. The van der Waals surface area contributed by atoms with Crippen LogP contribution >= 0.6 is 0 Å². The molecule has 36 heavy (non-hydrogen) atoms. The predicted molar refractivity (Wildman–Crippen MR) is 182 cm³/mol. The smallest absolute Gasteiger partial charge is 0.0671 e. The molecule has 4 aromatic carbocycles. The van der Waals surface area contributed by atoms with E-state index in [-0.39, 0.29) is 0 Å². The topological polar surface area (TPSA) is 0 Å². The van der Waals surface area contributed by atoms with Gasteiger partial charge in [0.15, 0.2) is 0 Å². The Morgan fingerprint density at radius 1 is 0.333 bits per heavy atom. The molecule has 6 radical (unpaired) electrons. The molecule has 0 heterocycles. The molecule has 4 rings (SSSR count). The first-order valence-corrected chi connectivity index (χ1v) is 28.2. The second-order valence-corrected chi connectivity index (χ2v) is 26.7. The van der Waals surface area contributed by atoms with E-state index >= 15 is 0 Å². The van der Waals surface area contributed by atoms with Crippen LogP contribution in [0.2, 0.25) is 78.6 Å². The molecule has 0 aliphatic rings. The average molecular weight is 571 g/mol. The minimum Gasteiger partial charge on any atom is -0.0671 e. The van der Waals surface area contributed by atoms with Crippen molar-refractivity contribution in [2.75, 3.05) is 0 Å². The van der Waals surface area contributed by atoms with Crippen molar-refractivity contribution >= 4 is 116 Å². The molecule has 0 bridgehead atoms. The van der Waals surface area contributed by atoms with Crippen molar-refractivity contribution in [1.29, 1.82) is 0 Å². The van der Waals surface area contributed by atoms with Crippen molar-refractivity contribution in [2.45, 2.75) is 78.6 Å². The standard InChI is InChI=1S/C30H42Si6/c1-31(2)22-18-17-21-19-15-13-14-16-20(19)24-25(23(21)26(22)32(3)4)28(34(7)8)30(36(11)12)29(35(9)10)27(24)33(5)6/h13-18H,1-12H3. The highest BCUT2D eigenvalue weighted by Crippen LogP contribution is 2.33. The lowest BCUT2D eigenvalue weighted by Crippen LogP contribution is -2.63. The summed E-state index contributed by atoms with van der Waals surface area (Å²) < 4.78 is 0. The van der Waals surface area contributed by atoms with Crippen LogP contribution in [0.1, 0.15) is 0 Å². The fourth-order valence-electron chi connectivity index (χ4n) is 6.23. The Labute approximate surface area is 230 Å². The van der Waals surface area contributed by atoms with Gasteiger partial charge in [-0.15, -0.1) is 0 Å². The third-order valence-electron chi connectivity index (χ3n) is 7.48. The normalized spacial score (nSPS) is 12.8. The van der Waals surface area contributed by atoms with Crippen LogP contribution in [0.4, 0.5) is 0 Å². The van der Waals surface area contributed by atoms with Gasteiger partial charge in [0.05, 0.1) is 52.8 Å². The fourth-order valence-corrected chi connectivity index (χ4v) is 20.2. The number of hydrogen-bond donors (Lipinski definition) is 0. The van der Waals surface area contributed by atoms with Gasteiger partial charge in [-0.05, 0) is 32.3 Å². The van der Waals surface area contributed by atoms with Gasteiger partial charge in [-0.3, -0.25) is 0 Å². The first kappa shape index (κ1) is 28.0. The molecular weight excluding hydrogens is 529 g/mol. The van der Waals surface area contributed by atoms with E-state index in [4.69, 9.17) is 0 Å². The van der Waals surface area contributed by atoms with Crippen LogP contribution in [0.5, 0.6) is 0 Å². The maximum Gasteiger partial charge on any atom is 0.0798 e. The van der Waals surface area contributed by atoms with Crippen molar-refractivity contribution in [3.8, 4) is 0 Å². The fraction of sp³-hybridized carbons (Fsp3) is 0.400. The quantitative estimate of drug-likeness (QED) is 0.228. The van der Waals surface area contributed by atoms with Crippen LogP contribution in [0.15, 0.2) is 36.4 Å². The lowest BCUT2D eigenvalue weighted by atomic mass is 9.94. The van der Waals surface area contributed by atoms with Crippen LogP contribution in [-0.4, -0.2) is 52.8 Å². The Bertz CT molecular complexity index is 1430. The molecular formula is C30H42Si6. The molecule has 0 aliphatic carbocycles. The van der Waals surface area contributed by atoms with Crippen molar-refractivity contribution in [3.63, 3.8) is 0 Å². The summed E-state index contributed by atoms with van der Waals surface area (Å²) in [4.78, 5) is 0. The van der Waals surface area contributed by atoms with Crippen molar-refractivity contribution < 1.29 is 0 Å². The molecule has 0 aromatic heterocycles. The van der Waals surface area contributed by atoms with Crippen LogP contribution in [0.3, 0.4) is 0 Å². The molecule has 0 unspecified atom stereocenters. The van der Waals surface area contributed by atoms with E-state index in [0.717, 1.165) is 0 Å². The molecule has 0 saturated heterocycles. The SMILES string of the molecule is C[Si](C)c1ccc2c3ccccc3c3c([Si](C)C)c([Si](C)C)c([Si](C)C)c([Si](C)C)c3c2c1[Si](C)C. The summed E-state index contributed by atoms with van der Waals surface area (Å²) in [7, 11) is -3.72. The van der Waals surface area contributed by atoms with Crippen LogP contribution in [0, 0.1) is 0 Å². The molecule has 0 N–H and O–H groups in total. The second-order valence-electron chi connectivity index (χ2n) is 11.7. The van der Waals surface area contributed by atoms with E-state index < -0.39 is 52.8 Å². The largest absolute Gasteiger partial charge is 0.0798 e. The molecule has 6 heteroatoms. The van der Waals surface area contributed by atoms with Gasteiger partial charge in [0.2, 0.25) is 0 Å². The number of fused-ring (bicyclic) bond motifs is 6. The average Bonchev–Trinajstić information content (AvgIpc) is 2.80. The summed E-state index contributed by atoms with van der Waals surface area (Å²) in [5, 5.41) is 20.2. The van der Waals surface area contributed by atoms with E-state index in [1.807, 2.05) is 10.4 Å². The van der Waals surface area contributed by atoms with E-state index in [9.17, 15) is 0 Å². The van der Waals surface area contributed by atoms with E-state index in [1.165, 1.54) is 16.2 Å². The molecule has 0 amide bonds. The van der Waals surface area contributed by atoms with Gasteiger partial charge in [-0.25, -0.2) is 0 Å². The molecule has 0 aliphatic heterocycles. The highest BCUT2D eigenvalue weighted by molar-refractivity contribution is 6.95. The lowest BCUT2D eigenvalue weighted by molar-refractivity contribution is 1.80. The summed E-state index contributed by atoms with van der Waals surface area (Å²) in [6, 6.07) is 14.4. The van der Waals surface area contributed by atoms with E-state index in [1.54, 1.807) is 36.9 Å². The van der Waals surface area contributed by atoms with Gasteiger partial charge in [-0.1, -0.05) is 146 Å². The van der Waals surface area contributed by atoms with Crippen molar-refractivity contribution in [3.05, 3.63) is 36.4 Å². The Morgan fingerprint density at radius 2 is 0.722 bits per heavy atom. The molecule has 0 saturated carbocycles. The maximum absolute atomic E-state index is 2.57. The first-order valence-electron chi connectivity index (χ1n) is 13.2. The summed E-state index contributed by atoms with van der Waals surface area (Å²) in [6.45, 7) is 30.6. The van der Waals surface area contributed by atoms with Gasteiger partial charge in [0.1, 0.15) is 0 Å². The van der Waals surface area contributed by atoms with Crippen molar-refractivity contribution in [2.24, 2.45) is 0 Å². The van der Waals surface area contributed by atoms with Crippen LogP contribution in [0.25, 0.3) is 32.3 Å². The predicted octanol–water partition coefficient (Wildman–Crippen LogP) is 4.91. The van der Waals surface area contributed by atoms with Gasteiger partial charge in [-0.2, -0.15) is 0 Å². The lowest BCUT2D eigenvalue weighted by Gasteiger charge is -2.31. The minimum absolute atomic E-state index is 0.552. The summed E-state index contributed by atoms with van der Waals surface area (Å²) >= 11 is 0. The molecule has 4 aromatic rings. The van der Waals surface area contributed by atoms with E-state index in [0.29, 0.717) is 0 Å². The molecule has 0 fully saturated rings. The number of benzene rings is 4. The monoisotopic (exact) mass is 570 g/mol. The maximum atomic E-state index is 2.57.